The largest absolute Gasteiger partial charge is 0.310 e. The van der Waals surface area contributed by atoms with Crippen molar-refractivity contribution in [3.05, 3.63) is 89.4 Å². The van der Waals surface area contributed by atoms with E-state index in [1.165, 1.54) is 12.1 Å². The molecule has 0 bridgehead atoms. The Morgan fingerprint density at radius 3 is 2.71 bits per heavy atom. The molecule has 1 aliphatic heterocycles. The van der Waals surface area contributed by atoms with E-state index in [9.17, 15) is 9.18 Å². The van der Waals surface area contributed by atoms with E-state index in [0.717, 1.165) is 27.6 Å². The van der Waals surface area contributed by atoms with Crippen LogP contribution in [-0.4, -0.2) is 15.7 Å². The molecule has 5 heteroatoms. The third-order valence-electron chi connectivity index (χ3n) is 5.35. The summed E-state index contributed by atoms with van der Waals surface area (Å²) in [5, 5.41) is 9.86. The first-order valence-electron chi connectivity index (χ1n) is 9.25. The topological polar surface area (TPSA) is 46.9 Å². The lowest BCUT2D eigenvalue weighted by Crippen LogP contribution is -2.25. The predicted octanol–water partition coefficient (Wildman–Crippen LogP) is 4.95. The predicted molar refractivity (Wildman–Crippen MR) is 107 cm³/mol. The first-order valence-corrected chi connectivity index (χ1v) is 9.25. The highest BCUT2D eigenvalue weighted by Crippen LogP contribution is 2.42. The Labute approximate surface area is 161 Å². The average Bonchev–Trinajstić information content (AvgIpc) is 3.03. The summed E-state index contributed by atoms with van der Waals surface area (Å²) in [6.07, 6.45) is 0.358. The van der Waals surface area contributed by atoms with Gasteiger partial charge in [-0.15, -0.1) is 0 Å². The quantitative estimate of drug-likeness (QED) is 0.542. The Bertz CT molecular complexity index is 1220. The maximum atomic E-state index is 13.8. The number of hydrogen-bond acceptors (Lipinski definition) is 2. The molecule has 4 nitrogen and oxygen atoms in total. The van der Waals surface area contributed by atoms with E-state index in [4.69, 9.17) is 0 Å². The van der Waals surface area contributed by atoms with Gasteiger partial charge in [0, 0.05) is 17.9 Å². The van der Waals surface area contributed by atoms with E-state index in [1.807, 2.05) is 25.1 Å². The molecule has 5 rings (SSSR count). The highest BCUT2D eigenvalue weighted by atomic mass is 19.1. The van der Waals surface area contributed by atoms with E-state index < -0.39 is 0 Å². The molecule has 1 aliphatic rings. The summed E-state index contributed by atoms with van der Waals surface area (Å²) in [4.78, 5) is 12.6. The Hall–Kier alpha value is -3.47. The minimum atomic E-state index is -0.341. The number of halogens is 1. The number of aromatic nitrogens is 2. The van der Waals surface area contributed by atoms with Gasteiger partial charge in [-0.2, -0.15) is 5.10 Å². The van der Waals surface area contributed by atoms with Gasteiger partial charge < -0.3 is 5.32 Å². The summed E-state index contributed by atoms with van der Waals surface area (Å²) in [7, 11) is 0. The molecule has 0 unspecified atom stereocenters. The molecule has 0 radical (unpaired) electrons. The fourth-order valence-electron chi connectivity index (χ4n) is 4.16. The zero-order valence-corrected chi connectivity index (χ0v) is 15.3. The molecule has 2 heterocycles. The molecular weight excluding hydrogens is 353 g/mol. The van der Waals surface area contributed by atoms with Crippen molar-refractivity contribution in [2.24, 2.45) is 0 Å². The van der Waals surface area contributed by atoms with Crippen LogP contribution in [0.2, 0.25) is 0 Å². The summed E-state index contributed by atoms with van der Waals surface area (Å²) in [6, 6.07) is 20.6. The smallest absolute Gasteiger partial charge is 0.226 e. The molecule has 1 N–H and O–H groups in total. The van der Waals surface area contributed by atoms with Crippen molar-refractivity contribution in [1.29, 1.82) is 0 Å². The van der Waals surface area contributed by atoms with Crippen molar-refractivity contribution in [2.45, 2.75) is 19.3 Å². The van der Waals surface area contributed by atoms with Crippen molar-refractivity contribution in [2.75, 3.05) is 5.32 Å². The van der Waals surface area contributed by atoms with Gasteiger partial charge in [0.25, 0.3) is 0 Å². The number of anilines is 1. The maximum Gasteiger partial charge on any atom is 0.226 e. The number of amides is 1. The summed E-state index contributed by atoms with van der Waals surface area (Å²) in [6.45, 7) is 1.93. The van der Waals surface area contributed by atoms with Crippen LogP contribution in [0.1, 0.15) is 29.2 Å². The van der Waals surface area contributed by atoms with Crippen molar-refractivity contribution in [3.63, 3.8) is 0 Å². The minimum Gasteiger partial charge on any atom is -0.310 e. The summed E-state index contributed by atoms with van der Waals surface area (Å²) in [5.74, 6) is 0.115. The van der Waals surface area contributed by atoms with Gasteiger partial charge in [-0.1, -0.05) is 48.5 Å². The number of nitrogens with one attached hydrogen (secondary N) is 1. The van der Waals surface area contributed by atoms with E-state index in [0.29, 0.717) is 17.9 Å². The van der Waals surface area contributed by atoms with Crippen LogP contribution >= 0.6 is 0 Å². The van der Waals surface area contributed by atoms with Crippen molar-refractivity contribution < 1.29 is 9.18 Å². The fourth-order valence-corrected chi connectivity index (χ4v) is 4.16. The molecular formula is C23H18FN3O. The first kappa shape index (κ1) is 16.7. The molecule has 1 aromatic heterocycles. The number of rotatable bonds is 2. The monoisotopic (exact) mass is 371 g/mol. The van der Waals surface area contributed by atoms with E-state index in [-0.39, 0.29) is 17.6 Å². The lowest BCUT2D eigenvalue weighted by molar-refractivity contribution is -0.116. The molecule has 1 atom stereocenters. The number of benzene rings is 3. The molecule has 28 heavy (non-hydrogen) atoms. The molecule has 0 saturated carbocycles. The van der Waals surface area contributed by atoms with Gasteiger partial charge in [-0.05, 0) is 41.5 Å². The molecule has 138 valence electrons. The molecule has 1 amide bonds. The van der Waals surface area contributed by atoms with Gasteiger partial charge in [0.05, 0.1) is 11.4 Å². The fraction of sp³-hybridized carbons (Fsp3) is 0.130. The molecule has 0 aliphatic carbocycles. The molecule has 0 fully saturated rings. The van der Waals surface area contributed by atoms with Crippen LogP contribution in [0.15, 0.2) is 66.7 Å². The highest BCUT2D eigenvalue weighted by molar-refractivity contribution is 5.96. The SMILES string of the molecule is Cc1nn(-c2cccc(F)c2)c2c1[C@@H](c1cccc3ccccc13)CC(=O)N2. The minimum absolute atomic E-state index is 0.0667. The van der Waals surface area contributed by atoms with Crippen LogP contribution < -0.4 is 5.32 Å². The summed E-state index contributed by atoms with van der Waals surface area (Å²) < 4.78 is 15.4. The Balaban J connectivity index is 1.73. The first-order chi connectivity index (χ1) is 13.6. The average molecular weight is 371 g/mol. The lowest BCUT2D eigenvalue weighted by Gasteiger charge is -2.25. The number of nitrogens with zero attached hydrogens (tertiary/aromatic N) is 2. The van der Waals surface area contributed by atoms with Crippen molar-refractivity contribution in [3.8, 4) is 5.69 Å². The van der Waals surface area contributed by atoms with Crippen molar-refractivity contribution >= 4 is 22.5 Å². The Morgan fingerprint density at radius 2 is 1.86 bits per heavy atom. The molecule has 3 aromatic carbocycles. The second-order valence-electron chi connectivity index (χ2n) is 7.11. The number of carbonyl (C=O) groups excluding carboxylic acids is 1. The number of fused-ring (bicyclic) bond motifs is 2. The van der Waals surface area contributed by atoms with Crippen LogP contribution in [0.25, 0.3) is 16.5 Å². The van der Waals surface area contributed by atoms with E-state index >= 15 is 0 Å². The molecule has 0 saturated heterocycles. The molecule has 4 aromatic rings. The number of carbonyl (C=O) groups is 1. The van der Waals surface area contributed by atoms with Crippen LogP contribution in [0.3, 0.4) is 0 Å². The summed E-state index contributed by atoms with van der Waals surface area (Å²) >= 11 is 0. The van der Waals surface area contributed by atoms with Gasteiger partial charge in [0.15, 0.2) is 0 Å². The Kier molecular flexibility index (Phi) is 3.76. The zero-order chi connectivity index (χ0) is 19.3. The van der Waals surface area contributed by atoms with Crippen LogP contribution in [0.4, 0.5) is 10.2 Å². The van der Waals surface area contributed by atoms with Gasteiger partial charge in [0.2, 0.25) is 5.91 Å². The second kappa shape index (κ2) is 6.30. The number of aryl methyl sites for hydroxylation is 1. The summed E-state index contributed by atoms with van der Waals surface area (Å²) in [5.41, 5.74) is 3.51. The highest BCUT2D eigenvalue weighted by Gasteiger charge is 2.33. The lowest BCUT2D eigenvalue weighted by atomic mass is 9.83. The van der Waals surface area contributed by atoms with Gasteiger partial charge in [0.1, 0.15) is 11.6 Å². The Morgan fingerprint density at radius 1 is 1.07 bits per heavy atom. The van der Waals surface area contributed by atoms with Crippen LogP contribution in [0.5, 0.6) is 0 Å². The third-order valence-corrected chi connectivity index (χ3v) is 5.35. The van der Waals surface area contributed by atoms with Crippen LogP contribution in [0, 0.1) is 12.7 Å². The third kappa shape index (κ3) is 2.59. The maximum absolute atomic E-state index is 13.8. The number of hydrogen-bond donors (Lipinski definition) is 1. The standard InChI is InChI=1S/C23H18FN3O/c1-14-22-20(19-11-4-7-15-6-2-3-10-18(15)19)13-21(28)25-23(22)27(26-14)17-9-5-8-16(24)12-17/h2-12,20H,13H2,1H3,(H,25,28)/t20-/m1/s1. The van der Waals surface area contributed by atoms with Gasteiger partial charge >= 0.3 is 0 Å². The second-order valence-corrected chi connectivity index (χ2v) is 7.11. The normalized spacial score (nSPS) is 16.1. The van der Waals surface area contributed by atoms with Gasteiger partial charge in [-0.3, -0.25) is 4.79 Å². The van der Waals surface area contributed by atoms with E-state index in [1.54, 1.807) is 16.8 Å². The van der Waals surface area contributed by atoms with Crippen LogP contribution in [-0.2, 0) is 4.79 Å². The van der Waals surface area contributed by atoms with Crippen molar-refractivity contribution in [1.82, 2.24) is 9.78 Å². The van der Waals surface area contributed by atoms with Gasteiger partial charge in [-0.25, -0.2) is 9.07 Å². The molecule has 0 spiro atoms. The van der Waals surface area contributed by atoms with E-state index in [2.05, 4.69) is 34.7 Å². The zero-order valence-electron chi connectivity index (χ0n) is 15.3.